The summed E-state index contributed by atoms with van der Waals surface area (Å²) in [6.07, 6.45) is 86.7. The molecule has 0 heterocycles. The first-order valence-corrected chi connectivity index (χ1v) is 52.2. The van der Waals surface area contributed by atoms with E-state index in [1.807, 2.05) is 0 Å². The van der Waals surface area contributed by atoms with Crippen LogP contribution in [0.1, 0.15) is 505 Å². The van der Waals surface area contributed by atoms with Gasteiger partial charge in [0.05, 0.1) is 33.0 Å². The van der Waals surface area contributed by atoms with Gasteiger partial charge in [0.1, 0.15) is 42.8 Å². The molecule has 4 aromatic carbocycles. The fraction of sp³-hybridized carbons (Fsp3) is 0.708. The Morgan fingerprint density at radius 1 is 0.234 bits per heavy atom. The van der Waals surface area contributed by atoms with Crippen LogP contribution in [0.3, 0.4) is 0 Å². The molecule has 0 aromatic heterocycles. The molecule has 0 saturated carbocycles. The van der Waals surface area contributed by atoms with Crippen LogP contribution >= 0.6 is 0 Å². The molecule has 11 heteroatoms. The molecule has 1 aliphatic carbocycles. The molecule has 0 fully saturated rings. The van der Waals surface area contributed by atoms with Gasteiger partial charge < -0.3 is 38.3 Å². The van der Waals surface area contributed by atoms with Crippen LogP contribution in [0.25, 0.3) is 0 Å². The van der Waals surface area contributed by atoms with Crippen molar-refractivity contribution in [3.05, 3.63) is 153 Å². The van der Waals surface area contributed by atoms with Crippen molar-refractivity contribution in [1.82, 2.24) is 0 Å². The first kappa shape index (κ1) is 108. The van der Waals surface area contributed by atoms with E-state index in [2.05, 4.69) is 96.0 Å². The van der Waals surface area contributed by atoms with Crippen molar-refractivity contribution in [2.24, 2.45) is 0 Å². The van der Waals surface area contributed by atoms with E-state index < -0.39 is 17.9 Å². The molecular weight excluding hydrogens is 1530 g/mol. The predicted molar refractivity (Wildman–Crippen MR) is 523 cm³/mol. The van der Waals surface area contributed by atoms with Crippen LogP contribution in [0.5, 0.6) is 23.0 Å². The molecule has 5 rings (SSSR count). The third kappa shape index (κ3) is 51.0. The Morgan fingerprint density at radius 2 is 0.371 bits per heavy atom. The second kappa shape index (κ2) is 74.6. The molecule has 1 aliphatic rings. The van der Waals surface area contributed by atoms with E-state index in [0.29, 0.717) is 52.1 Å². The Hall–Kier alpha value is -6.33. The zero-order valence-corrected chi connectivity index (χ0v) is 80.2. The van der Waals surface area contributed by atoms with Gasteiger partial charge in [-0.3, -0.25) is 0 Å². The highest BCUT2D eigenvalue weighted by Gasteiger charge is 2.26. The maximum Gasteiger partial charge on any atom is 0.330 e. The van der Waals surface area contributed by atoms with Crippen LogP contribution in [0.4, 0.5) is 0 Å². The zero-order valence-electron chi connectivity index (χ0n) is 80.2. The lowest BCUT2D eigenvalue weighted by Crippen LogP contribution is -2.13. The van der Waals surface area contributed by atoms with Crippen molar-refractivity contribution >= 4 is 17.9 Å². The number of hydrogen-bond donors (Lipinski definition) is 1. The number of hydrogen-bond acceptors (Lipinski definition) is 11. The summed E-state index contributed by atoms with van der Waals surface area (Å²) >= 11 is 0. The van der Waals surface area contributed by atoms with Gasteiger partial charge in [-0.2, -0.15) is 0 Å². The van der Waals surface area contributed by atoms with Gasteiger partial charge in [-0.25, -0.2) is 14.4 Å². The third-order valence-electron chi connectivity index (χ3n) is 25.5. The van der Waals surface area contributed by atoms with E-state index in [4.69, 9.17) is 33.2 Å². The van der Waals surface area contributed by atoms with Gasteiger partial charge in [-0.15, -0.1) is 0 Å². The smallest absolute Gasteiger partial charge is 0.330 e. The number of fused-ring (bicyclic) bond motifs is 8. The van der Waals surface area contributed by atoms with E-state index in [9.17, 15) is 19.5 Å². The Morgan fingerprint density at radius 3 is 0.508 bits per heavy atom. The minimum absolute atomic E-state index is 0.00150. The lowest BCUT2D eigenvalue weighted by atomic mass is 9.88. The van der Waals surface area contributed by atoms with Crippen LogP contribution in [0.15, 0.2) is 86.5 Å². The molecule has 0 radical (unpaired) electrons. The lowest BCUT2D eigenvalue weighted by Gasteiger charge is -2.25. The van der Waals surface area contributed by atoms with E-state index in [1.54, 1.807) is 0 Å². The number of benzene rings is 4. The molecule has 0 spiro atoms. The van der Waals surface area contributed by atoms with Crippen molar-refractivity contribution in [3.8, 4) is 23.0 Å². The van der Waals surface area contributed by atoms with E-state index in [0.717, 1.165) is 167 Å². The molecule has 4 aromatic rings. The summed E-state index contributed by atoms with van der Waals surface area (Å²) < 4.78 is 47.3. The maximum absolute atomic E-state index is 13.2. The number of carbonyl (C=O) groups is 3. The number of aliphatic hydroxyl groups is 1. The molecule has 0 atom stereocenters. The number of ether oxygens (including phenoxy) is 7. The summed E-state index contributed by atoms with van der Waals surface area (Å²) in [6.45, 7) is 22.3. The quantitative estimate of drug-likeness (QED) is 0.0172. The van der Waals surface area contributed by atoms with Gasteiger partial charge in [0.25, 0.3) is 0 Å². The zero-order chi connectivity index (χ0) is 88.4. The third-order valence-corrected chi connectivity index (χ3v) is 25.5. The first-order chi connectivity index (χ1) is 61.1. The monoisotopic (exact) mass is 1720 g/mol. The number of rotatable bonds is 82. The summed E-state index contributed by atoms with van der Waals surface area (Å²) in [7, 11) is 0. The Labute approximate surface area is 759 Å². The summed E-state index contributed by atoms with van der Waals surface area (Å²) in [5.74, 6) is 1.49. The lowest BCUT2D eigenvalue weighted by molar-refractivity contribution is -0.139. The summed E-state index contributed by atoms with van der Waals surface area (Å²) in [5.41, 5.74) is 10.3. The fourth-order valence-electron chi connectivity index (χ4n) is 18.2. The van der Waals surface area contributed by atoms with Gasteiger partial charge in [0.15, 0.2) is 0 Å². The molecular formula is C113H182O11. The van der Waals surface area contributed by atoms with Crippen LogP contribution in [-0.2, 0) is 80.7 Å². The molecule has 8 bridgehead atoms. The van der Waals surface area contributed by atoms with Crippen molar-refractivity contribution in [3.63, 3.8) is 0 Å². The van der Waals surface area contributed by atoms with Gasteiger partial charge in [0, 0.05) is 43.9 Å². The van der Waals surface area contributed by atoms with Gasteiger partial charge in [-0.05, 0) is 141 Å². The first-order valence-electron chi connectivity index (χ1n) is 52.2. The number of unbranched alkanes of at least 4 members (excludes halogenated alkanes) is 60. The summed E-state index contributed by atoms with van der Waals surface area (Å²) in [4.78, 5) is 39.5. The number of carbonyl (C=O) groups excluding carboxylic acids is 3. The molecule has 0 aliphatic heterocycles. The molecule has 0 amide bonds. The Bertz CT molecular complexity index is 3240. The SMILES string of the molecule is C=CC(=O)OCc1cc2c(OCCCCCCCCCCCCCCCCCC)c(c1)Cc1cc(COC(=O)C=C)cc(c1OCCCCCCCCCCCCCCCCCC)Cc1cc(COC(=O)C=C)cc(c1OCCCCCCCCCCCCCCCCCC)Cc1cc(CO)cc(c1OCCCCCCCCCCCCCCCCCC)C2. The van der Waals surface area contributed by atoms with E-state index >= 15 is 0 Å². The van der Waals surface area contributed by atoms with Crippen LogP contribution in [-0.4, -0.2) is 49.4 Å². The van der Waals surface area contributed by atoms with Crippen LogP contribution < -0.4 is 18.9 Å². The largest absolute Gasteiger partial charge is 0.493 e. The van der Waals surface area contributed by atoms with Crippen molar-refractivity contribution in [1.29, 1.82) is 0 Å². The fourth-order valence-corrected chi connectivity index (χ4v) is 18.2. The maximum atomic E-state index is 13.2. The highest BCUT2D eigenvalue weighted by atomic mass is 16.5. The highest BCUT2D eigenvalue weighted by molar-refractivity contribution is 5.82. The second-order valence-electron chi connectivity index (χ2n) is 36.9. The highest BCUT2D eigenvalue weighted by Crippen LogP contribution is 2.42. The summed E-state index contributed by atoms with van der Waals surface area (Å²) in [5, 5.41) is 11.5. The minimum atomic E-state index is -0.519. The van der Waals surface area contributed by atoms with E-state index in [1.165, 1.54) is 352 Å². The van der Waals surface area contributed by atoms with Crippen molar-refractivity contribution in [2.45, 2.75) is 491 Å². The average molecular weight is 1720 g/mol. The molecule has 0 saturated heterocycles. The minimum Gasteiger partial charge on any atom is -0.493 e. The average Bonchev–Trinajstić information content (AvgIpc) is 0.772. The molecule has 1 N–H and O–H groups in total. The van der Waals surface area contributed by atoms with Crippen molar-refractivity contribution in [2.75, 3.05) is 26.4 Å². The Kier molecular flexibility index (Phi) is 65.1. The Balaban J connectivity index is 1.59. The molecule has 700 valence electrons. The topological polar surface area (TPSA) is 136 Å². The standard InChI is InChI=1S/C113H182O11/c1-8-15-19-23-27-31-35-39-43-47-51-55-59-63-67-71-75-118-110-99-79-95(91-114)80-100(110)88-102-82-97(93-123-108(116)13-6)84-104(112(102)120-77-73-69-65-61-57-53-49-45-41-37-33-29-25-21-17-10-3)90-106-86-98(94-124-109(117)14-7)85-105(113(106)121-78-74-70-66-62-58-54-50-46-42-38-34-30-26-22-18-11-4)89-103-83-96(92-122-107(115)12-5)81-101(87-99)111(103)119-76-72-68-64-60-56-52-48-44-40-36-32-28-24-20-16-9-2/h12-14,79-86,114H,5-11,15-78,87-94H2,1-4H3. The molecule has 0 unspecified atom stereocenters. The number of esters is 3. The molecule has 124 heavy (non-hydrogen) atoms. The van der Waals surface area contributed by atoms with Crippen molar-refractivity contribution < 1.29 is 52.6 Å². The van der Waals surface area contributed by atoms with Crippen LogP contribution in [0, 0.1) is 0 Å². The molecule has 11 nitrogen and oxygen atoms in total. The van der Waals surface area contributed by atoms with Crippen LogP contribution in [0.2, 0.25) is 0 Å². The van der Waals surface area contributed by atoms with Gasteiger partial charge in [-0.1, -0.05) is 433 Å². The summed E-state index contributed by atoms with van der Waals surface area (Å²) in [6, 6.07) is 17.0. The number of aliphatic hydroxyl groups excluding tert-OH is 1. The van der Waals surface area contributed by atoms with E-state index in [-0.39, 0.29) is 26.4 Å². The predicted octanol–water partition coefficient (Wildman–Crippen LogP) is 33.1. The van der Waals surface area contributed by atoms with Gasteiger partial charge >= 0.3 is 17.9 Å². The second-order valence-corrected chi connectivity index (χ2v) is 36.9. The normalized spacial score (nSPS) is 11.9. The van der Waals surface area contributed by atoms with Gasteiger partial charge in [0.2, 0.25) is 0 Å².